The van der Waals surface area contributed by atoms with E-state index in [2.05, 4.69) is 26.2 Å². The molecule has 0 saturated heterocycles. The summed E-state index contributed by atoms with van der Waals surface area (Å²) >= 11 is 3.51. The molecule has 0 fully saturated rings. The average Bonchev–Trinajstić information content (AvgIpc) is 2.88. The largest absolute Gasteiger partial charge is 0.508 e. The van der Waals surface area contributed by atoms with E-state index in [1.54, 1.807) is 12.1 Å². The highest BCUT2D eigenvalue weighted by atomic mass is 79.9. The number of fused-ring (bicyclic) bond motifs is 1. The number of halogens is 1. The van der Waals surface area contributed by atoms with Crippen LogP contribution in [0.25, 0.3) is 5.65 Å². The molecule has 0 aliphatic rings. The number of pyridine rings is 1. The number of anilines is 1. The van der Waals surface area contributed by atoms with Crippen LogP contribution in [0.1, 0.15) is 28.7 Å². The van der Waals surface area contributed by atoms with E-state index in [4.69, 9.17) is 0 Å². The lowest BCUT2D eigenvalue weighted by Crippen LogP contribution is -2.16. The summed E-state index contributed by atoms with van der Waals surface area (Å²) in [4.78, 5) is 17.3. The van der Waals surface area contributed by atoms with Gasteiger partial charge in [0.2, 0.25) is 0 Å². The predicted octanol–water partition coefficient (Wildman–Crippen LogP) is 3.93. The van der Waals surface area contributed by atoms with E-state index in [-0.39, 0.29) is 11.7 Å². The first-order valence-corrected chi connectivity index (χ1v) is 8.06. The minimum Gasteiger partial charge on any atom is -0.508 e. The maximum absolute atomic E-state index is 12.7. The van der Waals surface area contributed by atoms with E-state index in [1.165, 1.54) is 12.1 Å². The third-order valence-electron chi connectivity index (χ3n) is 3.56. The van der Waals surface area contributed by atoms with Crippen molar-refractivity contribution < 1.29 is 9.90 Å². The number of hydrogen-bond donors (Lipinski definition) is 2. The molecule has 23 heavy (non-hydrogen) atoms. The van der Waals surface area contributed by atoms with Crippen LogP contribution in [0.5, 0.6) is 5.75 Å². The number of phenolic OH excluding ortho intramolecular Hbond substituents is 1. The fourth-order valence-corrected chi connectivity index (χ4v) is 3.14. The molecule has 0 aliphatic carbocycles. The number of carbonyl (C=O) groups is 1. The van der Waals surface area contributed by atoms with E-state index < -0.39 is 0 Å². The summed E-state index contributed by atoms with van der Waals surface area (Å²) in [6.45, 7) is 3.94. The molecule has 0 radical (unpaired) electrons. The van der Waals surface area contributed by atoms with Gasteiger partial charge in [0.15, 0.2) is 5.65 Å². The van der Waals surface area contributed by atoms with Crippen LogP contribution >= 0.6 is 15.9 Å². The first kappa shape index (κ1) is 15.6. The summed E-state index contributed by atoms with van der Waals surface area (Å²) in [6.07, 6.45) is 2.56. The van der Waals surface area contributed by atoms with E-state index in [1.807, 2.05) is 30.5 Å². The minimum absolute atomic E-state index is 0.159. The SMILES string of the molecule is CCc1nc2c(Br)cc(C)cn2c1C(=O)Nc1ccc(O)cc1. The quantitative estimate of drug-likeness (QED) is 0.683. The first-order chi connectivity index (χ1) is 11.0. The third-order valence-corrected chi connectivity index (χ3v) is 4.14. The Balaban J connectivity index is 2.07. The number of aromatic hydroxyl groups is 1. The molecule has 0 aliphatic heterocycles. The number of hydrogen-bond acceptors (Lipinski definition) is 3. The molecule has 1 aromatic carbocycles. The Bertz CT molecular complexity index is 885. The van der Waals surface area contributed by atoms with Crippen LogP contribution in [-0.4, -0.2) is 20.4 Å². The van der Waals surface area contributed by atoms with Gasteiger partial charge >= 0.3 is 0 Å². The van der Waals surface area contributed by atoms with Crippen LogP contribution < -0.4 is 5.32 Å². The van der Waals surface area contributed by atoms with Crippen molar-refractivity contribution >= 4 is 33.2 Å². The van der Waals surface area contributed by atoms with Crippen molar-refractivity contribution in [2.45, 2.75) is 20.3 Å². The lowest BCUT2D eigenvalue weighted by Gasteiger charge is -2.07. The summed E-state index contributed by atoms with van der Waals surface area (Å²) in [5.41, 5.74) is 3.65. The summed E-state index contributed by atoms with van der Waals surface area (Å²) in [5, 5.41) is 12.2. The number of phenols is 1. The van der Waals surface area contributed by atoms with Crippen molar-refractivity contribution in [3.63, 3.8) is 0 Å². The normalized spacial score (nSPS) is 10.9. The number of aromatic nitrogens is 2. The molecule has 5 nitrogen and oxygen atoms in total. The minimum atomic E-state index is -0.225. The van der Waals surface area contributed by atoms with Crippen molar-refractivity contribution in [3.8, 4) is 5.75 Å². The van der Waals surface area contributed by atoms with Crippen molar-refractivity contribution in [1.29, 1.82) is 0 Å². The van der Waals surface area contributed by atoms with Gasteiger partial charge in [0.05, 0.1) is 10.2 Å². The maximum atomic E-state index is 12.7. The summed E-state index contributed by atoms with van der Waals surface area (Å²) in [6, 6.07) is 8.35. The van der Waals surface area contributed by atoms with Gasteiger partial charge in [-0.2, -0.15) is 0 Å². The summed E-state index contributed by atoms with van der Waals surface area (Å²) in [7, 11) is 0. The number of imidazole rings is 1. The zero-order chi connectivity index (χ0) is 16.6. The Hall–Kier alpha value is -2.34. The Morgan fingerprint density at radius 2 is 2.04 bits per heavy atom. The second-order valence-electron chi connectivity index (χ2n) is 5.32. The van der Waals surface area contributed by atoms with Crippen molar-refractivity contribution in [2.75, 3.05) is 5.32 Å². The lowest BCUT2D eigenvalue weighted by molar-refractivity contribution is 0.102. The lowest BCUT2D eigenvalue weighted by atomic mass is 10.2. The van der Waals surface area contributed by atoms with Gasteiger partial charge in [-0.25, -0.2) is 4.98 Å². The van der Waals surface area contributed by atoms with Crippen LogP contribution in [0.2, 0.25) is 0 Å². The Labute approximate surface area is 142 Å². The molecule has 0 saturated carbocycles. The molecule has 0 unspecified atom stereocenters. The molecule has 2 N–H and O–H groups in total. The van der Waals surface area contributed by atoms with Gasteiger partial charge in [-0.1, -0.05) is 6.92 Å². The molecule has 118 valence electrons. The standard InChI is InChI=1S/C17H16BrN3O2/c1-3-14-15(17(23)19-11-4-6-12(22)7-5-11)21-9-10(2)8-13(18)16(21)20-14/h4-9,22H,3H2,1-2H3,(H,19,23). The van der Waals surface area contributed by atoms with Gasteiger partial charge in [-0.05, 0) is 65.2 Å². The van der Waals surface area contributed by atoms with Gasteiger partial charge < -0.3 is 10.4 Å². The number of carbonyl (C=O) groups excluding carboxylic acids is 1. The van der Waals surface area contributed by atoms with Crippen LogP contribution in [0.4, 0.5) is 5.69 Å². The highest BCUT2D eigenvalue weighted by Gasteiger charge is 2.20. The van der Waals surface area contributed by atoms with Gasteiger partial charge in [0, 0.05) is 11.9 Å². The Kier molecular flexibility index (Phi) is 4.09. The third kappa shape index (κ3) is 2.94. The topological polar surface area (TPSA) is 66.6 Å². The van der Waals surface area contributed by atoms with Gasteiger partial charge in [0.1, 0.15) is 11.4 Å². The monoisotopic (exact) mass is 373 g/mol. The number of rotatable bonds is 3. The van der Waals surface area contributed by atoms with Crippen molar-refractivity contribution in [3.05, 3.63) is 58.0 Å². The number of benzene rings is 1. The average molecular weight is 374 g/mol. The fourth-order valence-electron chi connectivity index (χ4n) is 2.50. The molecule has 3 rings (SSSR count). The van der Waals surface area contributed by atoms with Gasteiger partial charge in [-0.3, -0.25) is 9.20 Å². The maximum Gasteiger partial charge on any atom is 0.274 e. The molecule has 0 atom stereocenters. The number of amides is 1. The van der Waals surface area contributed by atoms with Crippen LogP contribution in [0, 0.1) is 6.92 Å². The molecule has 0 spiro atoms. The van der Waals surface area contributed by atoms with Crippen molar-refractivity contribution in [1.82, 2.24) is 9.38 Å². The highest BCUT2D eigenvalue weighted by Crippen LogP contribution is 2.24. The van der Waals surface area contributed by atoms with Gasteiger partial charge in [0.25, 0.3) is 5.91 Å². The van der Waals surface area contributed by atoms with Gasteiger partial charge in [-0.15, -0.1) is 0 Å². The molecule has 6 heteroatoms. The number of aryl methyl sites for hydroxylation is 2. The van der Waals surface area contributed by atoms with Crippen LogP contribution in [0.3, 0.4) is 0 Å². The van der Waals surface area contributed by atoms with E-state index >= 15 is 0 Å². The van der Waals surface area contributed by atoms with Crippen LogP contribution in [-0.2, 0) is 6.42 Å². The second kappa shape index (κ2) is 6.04. The van der Waals surface area contributed by atoms with E-state index in [9.17, 15) is 9.90 Å². The Morgan fingerprint density at radius 3 is 2.70 bits per heavy atom. The molecule has 3 aromatic rings. The Morgan fingerprint density at radius 1 is 1.35 bits per heavy atom. The second-order valence-corrected chi connectivity index (χ2v) is 6.17. The summed E-state index contributed by atoms with van der Waals surface area (Å²) < 4.78 is 2.67. The van der Waals surface area contributed by atoms with Crippen LogP contribution in [0.15, 0.2) is 41.0 Å². The molecular weight excluding hydrogens is 358 g/mol. The number of nitrogens with zero attached hydrogens (tertiary/aromatic N) is 2. The summed E-state index contributed by atoms with van der Waals surface area (Å²) in [5.74, 6) is -0.0656. The zero-order valence-corrected chi connectivity index (χ0v) is 14.4. The fraction of sp³-hybridized carbons (Fsp3) is 0.176. The van der Waals surface area contributed by atoms with E-state index in [0.29, 0.717) is 17.8 Å². The van der Waals surface area contributed by atoms with Crippen molar-refractivity contribution in [2.24, 2.45) is 0 Å². The molecule has 1 amide bonds. The molecule has 0 bridgehead atoms. The molecular formula is C17H16BrN3O2. The molecule has 2 heterocycles. The predicted molar refractivity (Wildman–Crippen MR) is 93.1 cm³/mol. The number of nitrogens with one attached hydrogen (secondary N) is 1. The zero-order valence-electron chi connectivity index (χ0n) is 12.8. The first-order valence-electron chi connectivity index (χ1n) is 7.27. The highest BCUT2D eigenvalue weighted by molar-refractivity contribution is 9.10. The van der Waals surface area contributed by atoms with E-state index in [0.717, 1.165) is 21.4 Å². The smallest absolute Gasteiger partial charge is 0.274 e. The molecule has 2 aromatic heterocycles.